The first kappa shape index (κ1) is 18.6. The molecule has 0 spiro atoms. The van der Waals surface area contributed by atoms with E-state index >= 15 is 0 Å². The molecule has 0 aromatic heterocycles. The number of fused-ring (bicyclic) bond motifs is 1. The van der Waals surface area contributed by atoms with Crippen molar-refractivity contribution in [1.29, 1.82) is 5.26 Å². The van der Waals surface area contributed by atoms with Gasteiger partial charge in [0.05, 0.1) is 12.5 Å². The first-order chi connectivity index (χ1) is 11.3. The number of nitriles is 1. The number of nitrogens with one attached hydrogen (secondary N) is 1. The second kappa shape index (κ2) is 7.87. The van der Waals surface area contributed by atoms with Gasteiger partial charge in [-0.05, 0) is 52.4 Å². The second-order valence-corrected chi connectivity index (χ2v) is 7.85. The Kier molecular flexibility index (Phi) is 6.09. The summed E-state index contributed by atoms with van der Waals surface area (Å²) in [7, 11) is 0. The van der Waals surface area contributed by atoms with Crippen LogP contribution in [0.5, 0.6) is 0 Å². The van der Waals surface area contributed by atoms with Gasteiger partial charge in [0.2, 0.25) is 5.91 Å². The van der Waals surface area contributed by atoms with E-state index in [2.05, 4.69) is 5.32 Å². The highest BCUT2D eigenvalue weighted by atomic mass is 16.6. The van der Waals surface area contributed by atoms with Crippen molar-refractivity contribution in [3.63, 3.8) is 0 Å². The highest BCUT2D eigenvalue weighted by Crippen LogP contribution is 2.35. The van der Waals surface area contributed by atoms with Crippen LogP contribution in [0.2, 0.25) is 0 Å². The standard InChI is InChI=1S/C18H29N3O3/c1-18(2,3)24-17(23)20-14(10-11-19)16(22)21-12-6-8-13-7-4-5-9-15(13)21/h13-15H,4-10,12H2,1-3H3,(H,20,23)/t13-,14-,15+/m1/s1. The van der Waals surface area contributed by atoms with Crippen LogP contribution in [0.3, 0.4) is 0 Å². The van der Waals surface area contributed by atoms with E-state index in [0.717, 1.165) is 25.8 Å². The van der Waals surface area contributed by atoms with E-state index in [1.165, 1.54) is 19.3 Å². The largest absolute Gasteiger partial charge is 0.444 e. The lowest BCUT2D eigenvalue weighted by Crippen LogP contribution is -2.56. The Balaban J connectivity index is 2.04. The maximum absolute atomic E-state index is 12.9. The van der Waals surface area contributed by atoms with Crippen molar-refractivity contribution in [3.05, 3.63) is 0 Å². The average Bonchev–Trinajstić information content (AvgIpc) is 2.51. The molecule has 2 aliphatic rings. The van der Waals surface area contributed by atoms with Crippen LogP contribution in [0, 0.1) is 17.2 Å². The predicted octanol–water partition coefficient (Wildman–Crippen LogP) is 2.97. The highest BCUT2D eigenvalue weighted by Gasteiger charge is 2.38. The molecular weight excluding hydrogens is 306 g/mol. The van der Waals surface area contributed by atoms with Gasteiger partial charge in [-0.3, -0.25) is 4.79 Å². The Hall–Kier alpha value is -1.77. The van der Waals surface area contributed by atoms with Crippen molar-refractivity contribution in [2.24, 2.45) is 5.92 Å². The van der Waals surface area contributed by atoms with Gasteiger partial charge < -0.3 is 15.0 Å². The molecule has 1 aliphatic heterocycles. The normalized spacial score (nSPS) is 25.2. The fourth-order valence-electron chi connectivity index (χ4n) is 3.84. The molecule has 0 radical (unpaired) electrons. The third-order valence-corrected chi connectivity index (χ3v) is 4.81. The lowest BCUT2D eigenvalue weighted by atomic mass is 9.78. The van der Waals surface area contributed by atoms with Crippen LogP contribution >= 0.6 is 0 Å². The number of ether oxygens (including phenoxy) is 1. The number of likely N-dealkylation sites (tertiary alicyclic amines) is 1. The topological polar surface area (TPSA) is 82.4 Å². The van der Waals surface area contributed by atoms with Gasteiger partial charge in [-0.1, -0.05) is 12.8 Å². The molecule has 0 bridgehead atoms. The molecule has 6 heteroatoms. The van der Waals surface area contributed by atoms with Gasteiger partial charge in [0.1, 0.15) is 11.6 Å². The molecular formula is C18H29N3O3. The Morgan fingerprint density at radius 3 is 2.58 bits per heavy atom. The Bertz CT molecular complexity index is 505. The maximum atomic E-state index is 12.9. The van der Waals surface area contributed by atoms with Crippen molar-refractivity contribution < 1.29 is 14.3 Å². The SMILES string of the molecule is CC(C)(C)OC(=O)N[C@H](CC#N)C(=O)N1CCC[C@H]2CCCC[C@@H]21. The first-order valence-electron chi connectivity index (χ1n) is 8.99. The minimum Gasteiger partial charge on any atom is -0.444 e. The molecule has 1 saturated carbocycles. The summed E-state index contributed by atoms with van der Waals surface area (Å²) in [6, 6.07) is 1.45. The number of hydrogen-bond donors (Lipinski definition) is 1. The molecule has 0 unspecified atom stereocenters. The third kappa shape index (κ3) is 4.86. The average molecular weight is 335 g/mol. The van der Waals surface area contributed by atoms with Gasteiger partial charge in [0, 0.05) is 12.6 Å². The summed E-state index contributed by atoms with van der Waals surface area (Å²) in [5.74, 6) is 0.430. The fourth-order valence-corrected chi connectivity index (χ4v) is 3.84. The number of carbonyl (C=O) groups is 2. The van der Waals surface area contributed by atoms with E-state index in [0.29, 0.717) is 5.92 Å². The van der Waals surface area contributed by atoms with Crippen LogP contribution in [0.1, 0.15) is 65.7 Å². The van der Waals surface area contributed by atoms with E-state index in [-0.39, 0.29) is 18.4 Å². The van der Waals surface area contributed by atoms with Gasteiger partial charge in [0.15, 0.2) is 0 Å². The fraction of sp³-hybridized carbons (Fsp3) is 0.833. The molecule has 1 saturated heterocycles. The van der Waals surface area contributed by atoms with Crippen molar-refractivity contribution in [2.75, 3.05) is 6.54 Å². The van der Waals surface area contributed by atoms with Crippen LogP contribution in [0.4, 0.5) is 4.79 Å². The van der Waals surface area contributed by atoms with Crippen LogP contribution in [-0.2, 0) is 9.53 Å². The number of hydrogen-bond acceptors (Lipinski definition) is 4. The molecule has 3 atom stereocenters. The molecule has 1 aliphatic carbocycles. The molecule has 2 amide bonds. The van der Waals surface area contributed by atoms with Gasteiger partial charge in [-0.25, -0.2) is 4.79 Å². The summed E-state index contributed by atoms with van der Waals surface area (Å²) in [6.45, 7) is 6.03. The second-order valence-electron chi connectivity index (χ2n) is 7.85. The molecule has 0 aromatic rings. The van der Waals surface area contributed by atoms with Gasteiger partial charge in [-0.15, -0.1) is 0 Å². The smallest absolute Gasteiger partial charge is 0.408 e. The number of carbonyl (C=O) groups excluding carboxylic acids is 2. The van der Waals surface area contributed by atoms with E-state index in [1.807, 2.05) is 11.0 Å². The molecule has 2 rings (SSSR count). The van der Waals surface area contributed by atoms with Crippen LogP contribution in [0.15, 0.2) is 0 Å². The van der Waals surface area contributed by atoms with E-state index in [1.54, 1.807) is 20.8 Å². The van der Waals surface area contributed by atoms with Crippen LogP contribution in [-0.4, -0.2) is 41.1 Å². The Morgan fingerprint density at radius 1 is 1.25 bits per heavy atom. The molecule has 1 N–H and O–H groups in total. The summed E-state index contributed by atoms with van der Waals surface area (Å²) in [6.07, 6.45) is 6.09. The van der Waals surface area contributed by atoms with E-state index in [4.69, 9.17) is 10.00 Å². The lowest BCUT2D eigenvalue weighted by Gasteiger charge is -2.45. The quantitative estimate of drug-likeness (QED) is 0.859. The Morgan fingerprint density at radius 2 is 1.92 bits per heavy atom. The minimum absolute atomic E-state index is 0.0358. The molecule has 1 heterocycles. The number of piperidine rings is 1. The summed E-state index contributed by atoms with van der Waals surface area (Å²) in [4.78, 5) is 26.9. The first-order valence-corrected chi connectivity index (χ1v) is 8.99. The van der Waals surface area contributed by atoms with E-state index in [9.17, 15) is 9.59 Å². The van der Waals surface area contributed by atoms with Gasteiger partial charge in [-0.2, -0.15) is 5.26 Å². The molecule has 0 aromatic carbocycles. The maximum Gasteiger partial charge on any atom is 0.408 e. The van der Waals surface area contributed by atoms with Gasteiger partial charge >= 0.3 is 6.09 Å². The van der Waals surface area contributed by atoms with Crippen molar-refractivity contribution in [3.8, 4) is 6.07 Å². The highest BCUT2D eigenvalue weighted by molar-refractivity contribution is 5.86. The molecule has 6 nitrogen and oxygen atoms in total. The lowest BCUT2D eigenvalue weighted by molar-refractivity contribution is -0.139. The van der Waals surface area contributed by atoms with Crippen LogP contribution in [0.25, 0.3) is 0 Å². The zero-order valence-corrected chi connectivity index (χ0v) is 15.0. The van der Waals surface area contributed by atoms with Crippen molar-refractivity contribution in [2.45, 2.75) is 83.4 Å². The minimum atomic E-state index is -0.828. The van der Waals surface area contributed by atoms with Crippen LogP contribution < -0.4 is 5.32 Å². The molecule has 24 heavy (non-hydrogen) atoms. The summed E-state index contributed by atoms with van der Waals surface area (Å²) < 4.78 is 5.23. The third-order valence-electron chi connectivity index (χ3n) is 4.81. The Labute approximate surface area is 144 Å². The van der Waals surface area contributed by atoms with E-state index < -0.39 is 17.7 Å². The number of alkyl carbamates (subject to hydrolysis) is 1. The molecule has 2 fully saturated rings. The number of rotatable bonds is 3. The zero-order chi connectivity index (χ0) is 17.7. The summed E-state index contributed by atoms with van der Waals surface area (Å²) in [5, 5.41) is 11.6. The van der Waals surface area contributed by atoms with Gasteiger partial charge in [0.25, 0.3) is 0 Å². The molecule has 134 valence electrons. The van der Waals surface area contributed by atoms with Crippen molar-refractivity contribution >= 4 is 12.0 Å². The number of nitrogens with zero attached hydrogens (tertiary/aromatic N) is 2. The zero-order valence-electron chi connectivity index (χ0n) is 15.0. The van der Waals surface area contributed by atoms with Crippen molar-refractivity contribution in [1.82, 2.24) is 10.2 Å². The number of amides is 2. The summed E-state index contributed by atoms with van der Waals surface area (Å²) in [5.41, 5.74) is -0.635. The summed E-state index contributed by atoms with van der Waals surface area (Å²) >= 11 is 0. The predicted molar refractivity (Wildman–Crippen MR) is 90.1 cm³/mol. The monoisotopic (exact) mass is 335 g/mol.